The van der Waals surface area contributed by atoms with Gasteiger partial charge >= 0.3 is 5.69 Å². The van der Waals surface area contributed by atoms with Crippen LogP contribution in [0.25, 0.3) is 0 Å². The number of fused-ring (bicyclic) bond motifs is 1. The highest BCUT2D eigenvalue weighted by Gasteiger charge is 2.29. The van der Waals surface area contributed by atoms with E-state index >= 15 is 0 Å². The molecule has 2 aliphatic heterocycles. The summed E-state index contributed by atoms with van der Waals surface area (Å²) in [6.07, 6.45) is 1.36. The van der Waals surface area contributed by atoms with Gasteiger partial charge in [-0.2, -0.15) is 0 Å². The molecular formula is C23H24N6O4. The third-order valence-corrected chi connectivity index (χ3v) is 5.71. The Labute approximate surface area is 190 Å². The summed E-state index contributed by atoms with van der Waals surface area (Å²) in [7, 11) is 0. The molecule has 3 heterocycles. The molecule has 2 aliphatic rings. The first-order chi connectivity index (χ1) is 16.2. The number of ether oxygens (including phenoxy) is 2. The van der Waals surface area contributed by atoms with Crippen molar-refractivity contribution in [2.24, 2.45) is 0 Å². The van der Waals surface area contributed by atoms with Crippen molar-refractivity contribution in [3.05, 3.63) is 70.5 Å². The van der Waals surface area contributed by atoms with Gasteiger partial charge in [0, 0.05) is 44.5 Å². The Balaban J connectivity index is 1.33. The maximum Gasteiger partial charge on any atom is 0.353 e. The predicted molar refractivity (Wildman–Crippen MR) is 123 cm³/mol. The largest absolute Gasteiger partial charge is 0.486 e. The van der Waals surface area contributed by atoms with Crippen LogP contribution in [0.5, 0.6) is 11.5 Å². The number of rotatable bonds is 6. The van der Waals surface area contributed by atoms with Crippen LogP contribution in [-0.4, -0.2) is 59.2 Å². The number of benzene rings is 2. The lowest BCUT2D eigenvalue weighted by atomic mass is 10.2. The average Bonchev–Trinajstić information content (AvgIpc) is 2.85. The first-order valence-electron chi connectivity index (χ1n) is 10.8. The Morgan fingerprint density at radius 1 is 0.970 bits per heavy atom. The van der Waals surface area contributed by atoms with Crippen molar-refractivity contribution in [1.29, 1.82) is 0 Å². The van der Waals surface area contributed by atoms with E-state index in [1.165, 1.54) is 11.9 Å². The maximum atomic E-state index is 12.0. The molecule has 0 spiro atoms. The van der Waals surface area contributed by atoms with Gasteiger partial charge < -0.3 is 19.7 Å². The second-order valence-electron chi connectivity index (χ2n) is 7.88. The molecule has 170 valence electrons. The Morgan fingerprint density at radius 3 is 2.48 bits per heavy atom. The number of nitro groups is 1. The molecule has 0 radical (unpaired) electrons. The normalized spacial score (nSPS) is 15.8. The summed E-state index contributed by atoms with van der Waals surface area (Å²) in [5.41, 5.74) is 1.74. The Bertz CT molecular complexity index is 1140. The highest BCUT2D eigenvalue weighted by atomic mass is 16.6. The first-order valence-corrected chi connectivity index (χ1v) is 10.8. The van der Waals surface area contributed by atoms with Gasteiger partial charge in [0.2, 0.25) is 11.6 Å². The fraction of sp³-hybridized carbons (Fsp3) is 0.304. The number of nitrogens with zero attached hydrogens (tertiary/aromatic N) is 5. The Morgan fingerprint density at radius 2 is 1.73 bits per heavy atom. The summed E-state index contributed by atoms with van der Waals surface area (Å²) in [5, 5.41) is 15.1. The molecule has 1 N–H and O–H groups in total. The molecular weight excluding hydrogens is 424 g/mol. The molecule has 5 rings (SSSR count). The van der Waals surface area contributed by atoms with Crippen LogP contribution in [0, 0.1) is 10.1 Å². The number of anilines is 3. The van der Waals surface area contributed by atoms with Crippen LogP contribution in [0.15, 0.2) is 54.9 Å². The average molecular weight is 448 g/mol. The summed E-state index contributed by atoms with van der Waals surface area (Å²) in [5.74, 6) is 1.72. The molecule has 2 aromatic carbocycles. The molecule has 0 atom stereocenters. The fourth-order valence-corrected chi connectivity index (χ4v) is 4.08. The summed E-state index contributed by atoms with van der Waals surface area (Å²) in [6, 6.07) is 15.6. The van der Waals surface area contributed by atoms with Crippen LogP contribution < -0.4 is 19.7 Å². The zero-order chi connectivity index (χ0) is 22.6. The number of hydrogen-bond acceptors (Lipinski definition) is 9. The van der Waals surface area contributed by atoms with E-state index in [2.05, 4.69) is 32.3 Å². The van der Waals surface area contributed by atoms with E-state index in [4.69, 9.17) is 9.47 Å². The van der Waals surface area contributed by atoms with Crippen molar-refractivity contribution in [2.45, 2.75) is 6.54 Å². The number of aromatic nitrogens is 2. The fourth-order valence-electron chi connectivity index (χ4n) is 4.08. The third kappa shape index (κ3) is 4.65. The van der Waals surface area contributed by atoms with Gasteiger partial charge in [0.25, 0.3) is 0 Å². The molecule has 0 unspecified atom stereocenters. The van der Waals surface area contributed by atoms with E-state index in [9.17, 15) is 10.1 Å². The SMILES string of the molecule is O=[N+]([O-])c1c(Nc2ccc3c(c2)OCCO3)ncnc1N1CCN(Cc2ccccc2)CC1. The van der Waals surface area contributed by atoms with Gasteiger partial charge in [-0.1, -0.05) is 30.3 Å². The number of hydrogen-bond donors (Lipinski definition) is 1. The lowest BCUT2D eigenvalue weighted by molar-refractivity contribution is -0.383. The summed E-state index contributed by atoms with van der Waals surface area (Å²) < 4.78 is 11.1. The minimum atomic E-state index is -0.425. The monoisotopic (exact) mass is 448 g/mol. The molecule has 1 saturated heterocycles. The highest BCUT2D eigenvalue weighted by molar-refractivity contribution is 5.75. The van der Waals surface area contributed by atoms with Crippen LogP contribution in [-0.2, 0) is 6.54 Å². The predicted octanol–water partition coefficient (Wildman–Crippen LogP) is 3.22. The van der Waals surface area contributed by atoms with Gasteiger partial charge in [0.1, 0.15) is 19.5 Å². The van der Waals surface area contributed by atoms with E-state index in [0.717, 1.165) is 19.6 Å². The Hall–Kier alpha value is -3.92. The van der Waals surface area contributed by atoms with Crippen LogP contribution in [0.1, 0.15) is 5.56 Å². The quantitative estimate of drug-likeness (QED) is 0.449. The lowest BCUT2D eigenvalue weighted by Crippen LogP contribution is -2.46. The number of nitrogens with one attached hydrogen (secondary N) is 1. The zero-order valence-electron chi connectivity index (χ0n) is 18.0. The molecule has 0 amide bonds. The lowest BCUT2D eigenvalue weighted by Gasteiger charge is -2.35. The van der Waals surface area contributed by atoms with Gasteiger partial charge in [-0.05, 0) is 17.7 Å². The van der Waals surface area contributed by atoms with Crippen molar-refractivity contribution >= 4 is 23.0 Å². The third-order valence-electron chi connectivity index (χ3n) is 5.71. The van der Waals surface area contributed by atoms with Crippen LogP contribution in [0.3, 0.4) is 0 Å². The van der Waals surface area contributed by atoms with E-state index < -0.39 is 4.92 Å². The smallest absolute Gasteiger partial charge is 0.353 e. The molecule has 1 fully saturated rings. The van der Waals surface area contributed by atoms with Crippen LogP contribution in [0.4, 0.5) is 23.0 Å². The minimum Gasteiger partial charge on any atom is -0.486 e. The first kappa shape index (κ1) is 21.0. The second-order valence-corrected chi connectivity index (χ2v) is 7.88. The second kappa shape index (κ2) is 9.29. The molecule has 0 bridgehead atoms. The van der Waals surface area contributed by atoms with Crippen molar-refractivity contribution in [2.75, 3.05) is 49.6 Å². The summed E-state index contributed by atoms with van der Waals surface area (Å²) >= 11 is 0. The van der Waals surface area contributed by atoms with E-state index in [1.54, 1.807) is 18.2 Å². The van der Waals surface area contributed by atoms with E-state index in [0.29, 0.717) is 49.3 Å². The van der Waals surface area contributed by atoms with Crippen molar-refractivity contribution in [1.82, 2.24) is 14.9 Å². The van der Waals surface area contributed by atoms with Gasteiger partial charge in [0.15, 0.2) is 11.5 Å². The molecule has 33 heavy (non-hydrogen) atoms. The molecule has 1 aromatic heterocycles. The van der Waals surface area contributed by atoms with Gasteiger partial charge in [-0.15, -0.1) is 0 Å². The van der Waals surface area contributed by atoms with Gasteiger partial charge in [-0.25, -0.2) is 9.97 Å². The van der Waals surface area contributed by atoms with Gasteiger partial charge in [-0.3, -0.25) is 15.0 Å². The standard InChI is InChI=1S/C23H24N6O4/c30-29(31)21-22(26-18-6-7-19-20(14-18)33-13-12-32-19)24-16-25-23(21)28-10-8-27(9-11-28)15-17-4-2-1-3-5-17/h1-7,14,16H,8-13,15H2,(H,24,25,26). The van der Waals surface area contributed by atoms with Crippen molar-refractivity contribution in [3.63, 3.8) is 0 Å². The molecule has 0 saturated carbocycles. The van der Waals surface area contributed by atoms with Crippen LogP contribution in [0.2, 0.25) is 0 Å². The number of piperazine rings is 1. The van der Waals surface area contributed by atoms with Crippen LogP contribution >= 0.6 is 0 Å². The van der Waals surface area contributed by atoms with Crippen molar-refractivity contribution in [3.8, 4) is 11.5 Å². The minimum absolute atomic E-state index is 0.135. The Kier molecular flexibility index (Phi) is 5.90. The molecule has 10 nitrogen and oxygen atoms in total. The molecule has 0 aliphatic carbocycles. The highest BCUT2D eigenvalue weighted by Crippen LogP contribution is 2.37. The zero-order valence-corrected chi connectivity index (χ0v) is 18.0. The molecule has 10 heteroatoms. The maximum absolute atomic E-state index is 12.0. The van der Waals surface area contributed by atoms with E-state index in [1.807, 2.05) is 23.1 Å². The van der Waals surface area contributed by atoms with Crippen molar-refractivity contribution < 1.29 is 14.4 Å². The molecule has 3 aromatic rings. The van der Waals surface area contributed by atoms with E-state index in [-0.39, 0.29) is 11.5 Å². The summed E-state index contributed by atoms with van der Waals surface area (Å²) in [4.78, 5) is 24.3. The topological polar surface area (TPSA) is 106 Å². The summed E-state index contributed by atoms with van der Waals surface area (Å²) in [6.45, 7) is 4.70. The van der Waals surface area contributed by atoms with Gasteiger partial charge in [0.05, 0.1) is 4.92 Å².